The SMILES string of the molecule is [C-]#[N+]C1(c2cnc(C(N)=O)c(SCC)c2)CC1. The molecular weight excluding hydrogens is 234 g/mol. The van der Waals surface area contributed by atoms with Crippen molar-refractivity contribution in [2.45, 2.75) is 30.2 Å². The Morgan fingerprint density at radius 2 is 2.41 bits per heavy atom. The maximum atomic E-state index is 11.2. The molecule has 1 aromatic rings. The number of nitrogens with two attached hydrogens (primary N) is 1. The molecule has 1 saturated carbocycles. The number of nitrogens with zero attached hydrogens (tertiary/aromatic N) is 2. The summed E-state index contributed by atoms with van der Waals surface area (Å²) in [5.41, 5.74) is 6.11. The Labute approximate surface area is 104 Å². The van der Waals surface area contributed by atoms with Crippen LogP contribution < -0.4 is 5.73 Å². The van der Waals surface area contributed by atoms with E-state index in [1.807, 2.05) is 13.0 Å². The van der Waals surface area contributed by atoms with Crippen LogP contribution in [0.3, 0.4) is 0 Å². The summed E-state index contributed by atoms with van der Waals surface area (Å²) in [6.45, 7) is 9.22. The van der Waals surface area contributed by atoms with E-state index in [1.54, 1.807) is 6.20 Å². The summed E-state index contributed by atoms with van der Waals surface area (Å²) in [7, 11) is 0. The van der Waals surface area contributed by atoms with Gasteiger partial charge in [0.05, 0.1) is 5.56 Å². The Morgan fingerprint density at radius 3 is 2.88 bits per heavy atom. The van der Waals surface area contributed by atoms with E-state index in [1.165, 1.54) is 11.8 Å². The molecule has 1 aliphatic carbocycles. The maximum absolute atomic E-state index is 11.2. The fourth-order valence-corrected chi connectivity index (χ4v) is 2.54. The number of primary amides is 1. The number of hydrogen-bond acceptors (Lipinski definition) is 3. The standard InChI is InChI=1S/C12H13N3OS/c1-3-17-9-6-8(12(14-2)4-5-12)7-15-10(9)11(13)16/h6-7H,3-5H2,1H3,(H2,13,16). The summed E-state index contributed by atoms with van der Waals surface area (Å²) in [4.78, 5) is 19.8. The first-order chi connectivity index (χ1) is 8.13. The zero-order chi connectivity index (χ0) is 12.5. The lowest BCUT2D eigenvalue weighted by Gasteiger charge is -2.08. The molecule has 17 heavy (non-hydrogen) atoms. The van der Waals surface area contributed by atoms with Gasteiger partial charge in [0.2, 0.25) is 0 Å². The molecule has 0 aliphatic heterocycles. The van der Waals surface area contributed by atoms with Gasteiger partial charge in [-0.2, -0.15) is 0 Å². The van der Waals surface area contributed by atoms with Crippen LogP contribution in [0.1, 0.15) is 35.8 Å². The number of hydrogen-bond donors (Lipinski definition) is 1. The monoisotopic (exact) mass is 247 g/mol. The Hall–Kier alpha value is -1.54. The number of pyridine rings is 1. The van der Waals surface area contributed by atoms with Gasteiger partial charge in [-0.05, 0) is 11.8 Å². The third kappa shape index (κ3) is 2.13. The van der Waals surface area contributed by atoms with Crippen molar-refractivity contribution in [3.8, 4) is 0 Å². The van der Waals surface area contributed by atoms with Gasteiger partial charge >= 0.3 is 0 Å². The molecule has 1 heterocycles. The molecule has 88 valence electrons. The fraction of sp³-hybridized carbons (Fsp3) is 0.417. The molecule has 5 heteroatoms. The minimum absolute atomic E-state index is 0.307. The number of aromatic nitrogens is 1. The van der Waals surface area contributed by atoms with Gasteiger partial charge in [0, 0.05) is 23.9 Å². The zero-order valence-corrected chi connectivity index (χ0v) is 10.4. The lowest BCUT2D eigenvalue weighted by molar-refractivity contribution is 0.0992. The van der Waals surface area contributed by atoms with E-state index in [0.29, 0.717) is 5.69 Å². The molecule has 1 aromatic heterocycles. The predicted molar refractivity (Wildman–Crippen MR) is 66.7 cm³/mol. The topological polar surface area (TPSA) is 60.3 Å². The zero-order valence-electron chi connectivity index (χ0n) is 9.56. The summed E-state index contributed by atoms with van der Waals surface area (Å²) >= 11 is 1.53. The largest absolute Gasteiger partial charge is 0.364 e. The molecule has 2 rings (SSSR count). The van der Waals surface area contributed by atoms with Crippen LogP contribution in [0.4, 0.5) is 0 Å². The van der Waals surface area contributed by atoms with E-state index in [4.69, 9.17) is 12.3 Å². The minimum atomic E-state index is -0.514. The lowest BCUT2D eigenvalue weighted by atomic mass is 10.1. The highest BCUT2D eigenvalue weighted by Gasteiger charge is 2.53. The van der Waals surface area contributed by atoms with Crippen LogP contribution in [-0.2, 0) is 5.54 Å². The van der Waals surface area contributed by atoms with Gasteiger partial charge in [0.1, 0.15) is 5.69 Å². The molecule has 1 fully saturated rings. The van der Waals surface area contributed by atoms with Crippen LogP contribution in [0.15, 0.2) is 17.2 Å². The van der Waals surface area contributed by atoms with Gasteiger partial charge < -0.3 is 10.6 Å². The van der Waals surface area contributed by atoms with Crippen LogP contribution >= 0.6 is 11.8 Å². The van der Waals surface area contributed by atoms with Crippen molar-refractivity contribution in [1.82, 2.24) is 4.98 Å². The highest BCUT2D eigenvalue weighted by molar-refractivity contribution is 7.99. The molecular formula is C12H13N3OS. The molecule has 0 radical (unpaired) electrons. The van der Waals surface area contributed by atoms with Crippen molar-refractivity contribution in [3.05, 3.63) is 34.9 Å². The average Bonchev–Trinajstić information content (AvgIpc) is 3.10. The molecule has 0 spiro atoms. The molecule has 1 aliphatic rings. The van der Waals surface area contributed by atoms with Crippen molar-refractivity contribution < 1.29 is 4.79 Å². The smallest absolute Gasteiger partial charge is 0.268 e. The van der Waals surface area contributed by atoms with Crippen molar-refractivity contribution in [3.63, 3.8) is 0 Å². The first kappa shape index (κ1) is 11.9. The van der Waals surface area contributed by atoms with E-state index in [2.05, 4.69) is 9.83 Å². The number of thioether (sulfide) groups is 1. The van der Waals surface area contributed by atoms with Crippen molar-refractivity contribution in [2.75, 3.05) is 5.75 Å². The van der Waals surface area contributed by atoms with Crippen LogP contribution in [-0.4, -0.2) is 16.6 Å². The second kappa shape index (κ2) is 4.38. The van der Waals surface area contributed by atoms with Crippen LogP contribution in [0.5, 0.6) is 0 Å². The summed E-state index contributed by atoms with van der Waals surface area (Å²) in [5.74, 6) is 0.330. The number of rotatable bonds is 4. The summed E-state index contributed by atoms with van der Waals surface area (Å²) in [6, 6.07) is 1.90. The summed E-state index contributed by atoms with van der Waals surface area (Å²) in [6.07, 6.45) is 3.37. The van der Waals surface area contributed by atoms with E-state index in [-0.39, 0.29) is 5.54 Å². The van der Waals surface area contributed by atoms with E-state index < -0.39 is 5.91 Å². The molecule has 0 atom stereocenters. The van der Waals surface area contributed by atoms with Gasteiger partial charge in [-0.1, -0.05) is 6.92 Å². The normalized spacial score (nSPS) is 16.2. The van der Waals surface area contributed by atoms with Crippen molar-refractivity contribution in [1.29, 1.82) is 0 Å². The minimum Gasteiger partial charge on any atom is -0.364 e. The Bertz CT molecular complexity index is 503. The summed E-state index contributed by atoms with van der Waals surface area (Å²) < 4.78 is 0. The number of carbonyl (C=O) groups excluding carboxylic acids is 1. The second-order valence-corrected chi connectivity index (χ2v) is 5.32. The van der Waals surface area contributed by atoms with Gasteiger partial charge in [-0.15, -0.1) is 11.8 Å². The van der Waals surface area contributed by atoms with Crippen LogP contribution in [0, 0.1) is 6.57 Å². The predicted octanol–water partition coefficient (Wildman–Crippen LogP) is 2.20. The van der Waals surface area contributed by atoms with E-state index in [0.717, 1.165) is 29.1 Å². The Balaban J connectivity index is 2.43. The molecule has 0 bridgehead atoms. The van der Waals surface area contributed by atoms with Crippen LogP contribution in [0.25, 0.3) is 4.85 Å². The van der Waals surface area contributed by atoms with E-state index in [9.17, 15) is 4.79 Å². The first-order valence-corrected chi connectivity index (χ1v) is 6.43. The van der Waals surface area contributed by atoms with E-state index >= 15 is 0 Å². The highest BCUT2D eigenvalue weighted by atomic mass is 32.2. The van der Waals surface area contributed by atoms with Crippen molar-refractivity contribution in [2.24, 2.45) is 5.73 Å². The second-order valence-electron chi connectivity index (χ2n) is 4.01. The van der Waals surface area contributed by atoms with Crippen molar-refractivity contribution >= 4 is 17.7 Å². The van der Waals surface area contributed by atoms with Gasteiger partial charge in [-0.25, -0.2) is 11.6 Å². The summed E-state index contributed by atoms with van der Waals surface area (Å²) in [5, 5.41) is 0. The first-order valence-electron chi connectivity index (χ1n) is 5.44. The van der Waals surface area contributed by atoms with Gasteiger partial charge in [-0.3, -0.25) is 4.79 Å². The molecule has 0 aromatic carbocycles. The molecule has 4 nitrogen and oxygen atoms in total. The molecule has 0 unspecified atom stereocenters. The maximum Gasteiger partial charge on any atom is 0.268 e. The number of carbonyl (C=O) groups is 1. The quantitative estimate of drug-likeness (QED) is 0.655. The highest BCUT2D eigenvalue weighted by Crippen LogP contribution is 2.50. The third-order valence-corrected chi connectivity index (χ3v) is 3.77. The van der Waals surface area contributed by atoms with Crippen LogP contribution in [0.2, 0.25) is 0 Å². The van der Waals surface area contributed by atoms with Gasteiger partial charge in [0.25, 0.3) is 11.4 Å². The fourth-order valence-electron chi connectivity index (χ4n) is 1.73. The average molecular weight is 247 g/mol. The lowest BCUT2D eigenvalue weighted by Crippen LogP contribution is -2.15. The molecule has 0 saturated heterocycles. The van der Waals surface area contributed by atoms with Gasteiger partial charge in [0.15, 0.2) is 0 Å². The Kier molecular flexibility index (Phi) is 3.07. The number of amides is 1. The molecule has 1 amide bonds. The Morgan fingerprint density at radius 1 is 1.71 bits per heavy atom. The molecule has 2 N–H and O–H groups in total. The third-order valence-electron chi connectivity index (χ3n) is 2.86.